The van der Waals surface area contributed by atoms with Crippen molar-refractivity contribution < 1.29 is 4.79 Å². The predicted molar refractivity (Wildman–Crippen MR) is 65.1 cm³/mol. The van der Waals surface area contributed by atoms with Crippen molar-refractivity contribution in [2.45, 2.75) is 32.7 Å². The molecule has 2 atom stereocenters. The topological polar surface area (TPSA) is 42.0 Å². The molecule has 2 fully saturated rings. The number of aromatic nitrogens is 1. The molecule has 3 nitrogen and oxygen atoms in total. The van der Waals surface area contributed by atoms with E-state index in [4.69, 9.17) is 0 Å². The molecule has 3 heteroatoms. The quantitative estimate of drug-likeness (QED) is 0.863. The van der Waals surface area contributed by atoms with E-state index < -0.39 is 0 Å². The molecule has 2 aliphatic rings. The van der Waals surface area contributed by atoms with Crippen LogP contribution in [0, 0.1) is 24.7 Å². The molecule has 0 aromatic carbocycles. The first-order chi connectivity index (χ1) is 8.24. The smallest absolute Gasteiger partial charge is 0.223 e. The maximum atomic E-state index is 12.0. The van der Waals surface area contributed by atoms with Crippen LogP contribution in [0.25, 0.3) is 0 Å². The molecule has 2 saturated carbocycles. The van der Waals surface area contributed by atoms with Crippen LogP contribution in [0.2, 0.25) is 0 Å². The lowest BCUT2D eigenvalue weighted by molar-refractivity contribution is -0.125. The summed E-state index contributed by atoms with van der Waals surface area (Å²) in [6.45, 7) is 2.66. The summed E-state index contributed by atoms with van der Waals surface area (Å²) in [6, 6.07) is 1.98. The predicted octanol–water partition coefficient (Wildman–Crippen LogP) is 2.05. The average molecular weight is 230 g/mol. The van der Waals surface area contributed by atoms with E-state index in [1.54, 1.807) is 6.20 Å². The summed E-state index contributed by atoms with van der Waals surface area (Å²) in [5, 5.41) is 3.04. The molecule has 1 aromatic heterocycles. The van der Waals surface area contributed by atoms with E-state index >= 15 is 0 Å². The van der Waals surface area contributed by atoms with Gasteiger partial charge in [-0.15, -0.1) is 0 Å². The highest BCUT2D eigenvalue weighted by molar-refractivity contribution is 5.79. The van der Waals surface area contributed by atoms with E-state index in [1.807, 2.05) is 19.2 Å². The van der Waals surface area contributed by atoms with Crippen LogP contribution in [0.3, 0.4) is 0 Å². The summed E-state index contributed by atoms with van der Waals surface area (Å²) in [5.74, 6) is 2.24. The third-order valence-corrected chi connectivity index (χ3v) is 4.21. The number of hydrogen-bond acceptors (Lipinski definition) is 2. The van der Waals surface area contributed by atoms with E-state index in [9.17, 15) is 4.79 Å². The largest absolute Gasteiger partial charge is 0.352 e. The summed E-state index contributed by atoms with van der Waals surface area (Å²) in [5.41, 5.74) is 2.30. The van der Waals surface area contributed by atoms with Crippen molar-refractivity contribution in [3.8, 4) is 0 Å². The number of nitrogens with one attached hydrogen (secondary N) is 1. The SMILES string of the molecule is Cc1ccncc1CNC(=O)C1CC2CC2C1. The maximum Gasteiger partial charge on any atom is 0.223 e. The second-order valence-corrected chi connectivity index (χ2v) is 5.44. The fourth-order valence-electron chi connectivity index (χ4n) is 2.94. The standard InChI is InChI=1S/C14H18N2O/c1-9-2-3-15-7-13(9)8-16-14(17)12-5-10-4-11(10)6-12/h2-3,7,10-12H,4-6,8H2,1H3,(H,16,17). The van der Waals surface area contributed by atoms with Crippen LogP contribution >= 0.6 is 0 Å². The van der Waals surface area contributed by atoms with Gasteiger partial charge in [0.05, 0.1) is 0 Å². The van der Waals surface area contributed by atoms with Gasteiger partial charge in [0, 0.05) is 24.9 Å². The zero-order valence-corrected chi connectivity index (χ0v) is 10.1. The summed E-state index contributed by atoms with van der Waals surface area (Å²) in [7, 11) is 0. The molecule has 2 unspecified atom stereocenters. The van der Waals surface area contributed by atoms with Crippen molar-refractivity contribution in [1.82, 2.24) is 10.3 Å². The number of aryl methyl sites for hydroxylation is 1. The Kier molecular flexibility index (Phi) is 2.61. The van der Waals surface area contributed by atoms with Gasteiger partial charge in [-0.05, 0) is 55.2 Å². The molecule has 17 heavy (non-hydrogen) atoms. The minimum absolute atomic E-state index is 0.237. The first-order valence-corrected chi connectivity index (χ1v) is 6.41. The lowest BCUT2D eigenvalue weighted by Gasteiger charge is -2.13. The molecule has 1 amide bonds. The van der Waals surface area contributed by atoms with Gasteiger partial charge in [0.1, 0.15) is 0 Å². The lowest BCUT2D eigenvalue weighted by Crippen LogP contribution is -2.29. The molecule has 0 aliphatic heterocycles. The van der Waals surface area contributed by atoms with Crippen LogP contribution in [0.15, 0.2) is 18.5 Å². The monoisotopic (exact) mass is 230 g/mol. The molecule has 90 valence electrons. The lowest BCUT2D eigenvalue weighted by atomic mass is 10.0. The minimum Gasteiger partial charge on any atom is -0.352 e. The van der Waals surface area contributed by atoms with Gasteiger partial charge in [-0.1, -0.05) is 0 Å². The number of carbonyl (C=O) groups excluding carboxylic acids is 1. The summed E-state index contributed by atoms with van der Waals surface area (Å²) in [6.07, 6.45) is 7.21. The third kappa shape index (κ3) is 2.19. The molecule has 0 radical (unpaired) electrons. The average Bonchev–Trinajstić information content (AvgIpc) is 2.95. The van der Waals surface area contributed by atoms with E-state index in [-0.39, 0.29) is 11.8 Å². The number of amides is 1. The summed E-state index contributed by atoms with van der Waals surface area (Å²) < 4.78 is 0. The molecule has 0 spiro atoms. The number of nitrogens with zero attached hydrogens (tertiary/aromatic N) is 1. The minimum atomic E-state index is 0.237. The second kappa shape index (κ2) is 4.13. The number of pyridine rings is 1. The van der Waals surface area contributed by atoms with Gasteiger partial charge in [-0.2, -0.15) is 0 Å². The Morgan fingerprint density at radius 3 is 2.88 bits per heavy atom. The Balaban J connectivity index is 1.54. The van der Waals surface area contributed by atoms with E-state index in [0.29, 0.717) is 6.54 Å². The van der Waals surface area contributed by atoms with E-state index in [2.05, 4.69) is 10.3 Å². The number of hydrogen-bond donors (Lipinski definition) is 1. The Labute approximate surface area is 102 Å². The van der Waals surface area contributed by atoms with Crippen LogP contribution in [0.1, 0.15) is 30.4 Å². The van der Waals surface area contributed by atoms with Crippen LogP contribution in [0.4, 0.5) is 0 Å². The second-order valence-electron chi connectivity index (χ2n) is 5.44. The van der Waals surface area contributed by atoms with Crippen LogP contribution < -0.4 is 5.32 Å². The third-order valence-electron chi connectivity index (χ3n) is 4.21. The van der Waals surface area contributed by atoms with Crippen molar-refractivity contribution in [1.29, 1.82) is 0 Å². The number of fused-ring (bicyclic) bond motifs is 1. The molecular weight excluding hydrogens is 212 g/mol. The fraction of sp³-hybridized carbons (Fsp3) is 0.571. The molecule has 0 bridgehead atoms. The molecule has 1 N–H and O–H groups in total. The van der Waals surface area contributed by atoms with Gasteiger partial charge < -0.3 is 5.32 Å². The summed E-state index contributed by atoms with van der Waals surface area (Å²) >= 11 is 0. The van der Waals surface area contributed by atoms with Crippen molar-refractivity contribution in [3.05, 3.63) is 29.6 Å². The maximum absolute atomic E-state index is 12.0. The van der Waals surface area contributed by atoms with Gasteiger partial charge >= 0.3 is 0 Å². The van der Waals surface area contributed by atoms with Gasteiger partial charge in [0.15, 0.2) is 0 Å². The normalized spacial score (nSPS) is 29.8. The van der Waals surface area contributed by atoms with E-state index in [0.717, 1.165) is 30.2 Å². The Bertz CT molecular complexity index is 434. The van der Waals surface area contributed by atoms with Crippen LogP contribution in [-0.4, -0.2) is 10.9 Å². The van der Waals surface area contributed by atoms with Gasteiger partial charge in [0.2, 0.25) is 5.91 Å². The van der Waals surface area contributed by atoms with Crippen molar-refractivity contribution in [2.24, 2.45) is 17.8 Å². The zero-order chi connectivity index (χ0) is 11.8. The van der Waals surface area contributed by atoms with Crippen LogP contribution in [0.5, 0.6) is 0 Å². The highest BCUT2D eigenvalue weighted by Gasteiger charge is 2.47. The molecule has 1 heterocycles. The van der Waals surface area contributed by atoms with Crippen LogP contribution in [-0.2, 0) is 11.3 Å². The molecule has 1 aromatic rings. The Morgan fingerprint density at radius 1 is 1.41 bits per heavy atom. The summed E-state index contributed by atoms with van der Waals surface area (Å²) in [4.78, 5) is 16.1. The van der Waals surface area contributed by atoms with Gasteiger partial charge in [-0.3, -0.25) is 9.78 Å². The zero-order valence-electron chi connectivity index (χ0n) is 10.1. The van der Waals surface area contributed by atoms with Crippen molar-refractivity contribution in [2.75, 3.05) is 0 Å². The molecule has 3 rings (SSSR count). The first kappa shape index (κ1) is 10.8. The molecular formula is C14H18N2O. The highest BCUT2D eigenvalue weighted by Crippen LogP contribution is 2.54. The van der Waals surface area contributed by atoms with Gasteiger partial charge in [0.25, 0.3) is 0 Å². The van der Waals surface area contributed by atoms with Crippen molar-refractivity contribution in [3.63, 3.8) is 0 Å². The van der Waals surface area contributed by atoms with Gasteiger partial charge in [-0.25, -0.2) is 0 Å². The Morgan fingerprint density at radius 2 is 2.18 bits per heavy atom. The molecule has 2 aliphatic carbocycles. The Hall–Kier alpha value is -1.38. The van der Waals surface area contributed by atoms with Crippen molar-refractivity contribution >= 4 is 5.91 Å². The number of rotatable bonds is 3. The molecule has 0 saturated heterocycles. The highest BCUT2D eigenvalue weighted by atomic mass is 16.1. The fourth-order valence-corrected chi connectivity index (χ4v) is 2.94. The number of carbonyl (C=O) groups is 1. The van der Waals surface area contributed by atoms with E-state index in [1.165, 1.54) is 12.0 Å². The first-order valence-electron chi connectivity index (χ1n) is 6.41.